The standard InChI is InChI=1S/C9H20N2O2/c1-12-9(13-2)6-11-8(10)5-7-3-4-7/h7-9,11H,3-6,10H2,1-2H3. The van der Waals surface area contributed by atoms with E-state index in [1.54, 1.807) is 14.2 Å². The highest BCUT2D eigenvalue weighted by molar-refractivity contribution is 4.77. The molecule has 1 rings (SSSR count). The minimum Gasteiger partial charge on any atom is -0.355 e. The summed E-state index contributed by atoms with van der Waals surface area (Å²) in [5.41, 5.74) is 5.85. The third-order valence-electron chi connectivity index (χ3n) is 2.36. The highest BCUT2D eigenvalue weighted by atomic mass is 16.7. The van der Waals surface area contributed by atoms with E-state index in [0.29, 0.717) is 6.54 Å². The molecule has 0 bridgehead atoms. The molecule has 0 aromatic heterocycles. The van der Waals surface area contributed by atoms with Crippen LogP contribution in [0.1, 0.15) is 19.3 Å². The van der Waals surface area contributed by atoms with Gasteiger partial charge in [0, 0.05) is 20.8 Å². The molecule has 1 aliphatic carbocycles. The smallest absolute Gasteiger partial charge is 0.169 e. The number of hydrogen-bond acceptors (Lipinski definition) is 4. The summed E-state index contributed by atoms with van der Waals surface area (Å²) in [4.78, 5) is 0. The van der Waals surface area contributed by atoms with Gasteiger partial charge in [0.25, 0.3) is 0 Å². The first kappa shape index (κ1) is 10.9. The Bertz CT molecular complexity index is 136. The van der Waals surface area contributed by atoms with Crippen molar-refractivity contribution >= 4 is 0 Å². The van der Waals surface area contributed by atoms with Crippen molar-refractivity contribution in [1.82, 2.24) is 5.32 Å². The van der Waals surface area contributed by atoms with Crippen LogP contribution in [-0.4, -0.2) is 33.2 Å². The van der Waals surface area contributed by atoms with Gasteiger partial charge in [0.05, 0.1) is 6.17 Å². The van der Waals surface area contributed by atoms with Gasteiger partial charge in [0.2, 0.25) is 0 Å². The maximum Gasteiger partial charge on any atom is 0.169 e. The molecular weight excluding hydrogens is 168 g/mol. The second kappa shape index (κ2) is 5.54. The summed E-state index contributed by atoms with van der Waals surface area (Å²) in [6, 6.07) is 0. The normalized spacial score (nSPS) is 19.4. The lowest BCUT2D eigenvalue weighted by molar-refractivity contribution is -0.0999. The Morgan fingerprint density at radius 1 is 1.38 bits per heavy atom. The number of methoxy groups -OCH3 is 2. The van der Waals surface area contributed by atoms with Crippen molar-refractivity contribution in [3.63, 3.8) is 0 Å². The van der Waals surface area contributed by atoms with E-state index in [1.807, 2.05) is 0 Å². The molecule has 13 heavy (non-hydrogen) atoms. The Labute approximate surface area is 79.8 Å². The van der Waals surface area contributed by atoms with Gasteiger partial charge in [-0.1, -0.05) is 12.8 Å². The minimum atomic E-state index is -0.190. The fourth-order valence-electron chi connectivity index (χ4n) is 1.31. The van der Waals surface area contributed by atoms with E-state index >= 15 is 0 Å². The topological polar surface area (TPSA) is 56.5 Å². The predicted octanol–water partition coefficient (Wildman–Crippen LogP) is 0.280. The van der Waals surface area contributed by atoms with Crippen molar-refractivity contribution in [2.45, 2.75) is 31.7 Å². The second-order valence-corrected chi connectivity index (χ2v) is 3.59. The molecule has 1 aliphatic rings. The summed E-state index contributed by atoms with van der Waals surface area (Å²) >= 11 is 0. The molecule has 1 atom stereocenters. The van der Waals surface area contributed by atoms with Gasteiger partial charge in [-0.15, -0.1) is 0 Å². The van der Waals surface area contributed by atoms with Crippen LogP contribution in [-0.2, 0) is 9.47 Å². The predicted molar refractivity (Wildman–Crippen MR) is 51.1 cm³/mol. The van der Waals surface area contributed by atoms with E-state index in [1.165, 1.54) is 12.8 Å². The highest BCUT2D eigenvalue weighted by Crippen LogP contribution is 2.32. The summed E-state index contributed by atoms with van der Waals surface area (Å²) < 4.78 is 10.1. The average molecular weight is 188 g/mol. The number of nitrogens with one attached hydrogen (secondary N) is 1. The Hall–Kier alpha value is -0.160. The van der Waals surface area contributed by atoms with E-state index in [9.17, 15) is 0 Å². The fourth-order valence-corrected chi connectivity index (χ4v) is 1.31. The van der Waals surface area contributed by atoms with E-state index in [-0.39, 0.29) is 12.5 Å². The first-order valence-corrected chi connectivity index (χ1v) is 4.80. The van der Waals surface area contributed by atoms with Crippen molar-refractivity contribution in [2.24, 2.45) is 11.7 Å². The lowest BCUT2D eigenvalue weighted by atomic mass is 10.2. The molecule has 0 spiro atoms. The van der Waals surface area contributed by atoms with Crippen LogP contribution in [0.15, 0.2) is 0 Å². The van der Waals surface area contributed by atoms with Gasteiger partial charge in [-0.2, -0.15) is 0 Å². The van der Waals surface area contributed by atoms with E-state index in [4.69, 9.17) is 15.2 Å². The van der Waals surface area contributed by atoms with Crippen LogP contribution in [0.4, 0.5) is 0 Å². The van der Waals surface area contributed by atoms with E-state index < -0.39 is 0 Å². The largest absolute Gasteiger partial charge is 0.355 e. The lowest BCUT2D eigenvalue weighted by Crippen LogP contribution is -2.42. The number of hydrogen-bond donors (Lipinski definition) is 2. The molecule has 78 valence electrons. The first-order chi connectivity index (χ1) is 6.26. The van der Waals surface area contributed by atoms with Crippen LogP contribution in [0.25, 0.3) is 0 Å². The first-order valence-electron chi connectivity index (χ1n) is 4.80. The minimum absolute atomic E-state index is 0.0836. The molecule has 0 aromatic rings. The Balaban J connectivity index is 2.01. The molecule has 0 amide bonds. The molecule has 1 saturated carbocycles. The van der Waals surface area contributed by atoms with Crippen LogP contribution < -0.4 is 11.1 Å². The van der Waals surface area contributed by atoms with Crippen LogP contribution >= 0.6 is 0 Å². The maximum atomic E-state index is 5.85. The Morgan fingerprint density at radius 3 is 2.46 bits per heavy atom. The Morgan fingerprint density at radius 2 is 2.00 bits per heavy atom. The van der Waals surface area contributed by atoms with Gasteiger partial charge >= 0.3 is 0 Å². The molecule has 0 aliphatic heterocycles. The molecule has 1 unspecified atom stereocenters. The highest BCUT2D eigenvalue weighted by Gasteiger charge is 2.23. The van der Waals surface area contributed by atoms with Crippen molar-refractivity contribution in [3.8, 4) is 0 Å². The summed E-state index contributed by atoms with van der Waals surface area (Å²) in [7, 11) is 3.25. The number of nitrogens with two attached hydrogens (primary N) is 1. The third-order valence-corrected chi connectivity index (χ3v) is 2.36. The van der Waals surface area contributed by atoms with Crippen LogP contribution in [0.5, 0.6) is 0 Å². The number of ether oxygens (including phenoxy) is 2. The molecule has 0 saturated heterocycles. The summed E-state index contributed by atoms with van der Waals surface area (Å²) in [5, 5.41) is 3.18. The van der Waals surface area contributed by atoms with Gasteiger partial charge in [-0.05, 0) is 12.3 Å². The molecule has 0 aromatic carbocycles. The molecule has 0 heterocycles. The third kappa shape index (κ3) is 4.57. The van der Waals surface area contributed by atoms with Crippen LogP contribution in [0, 0.1) is 5.92 Å². The monoisotopic (exact) mass is 188 g/mol. The molecule has 3 N–H and O–H groups in total. The van der Waals surface area contributed by atoms with Gasteiger partial charge in [0.15, 0.2) is 6.29 Å². The van der Waals surface area contributed by atoms with Crippen LogP contribution in [0.3, 0.4) is 0 Å². The van der Waals surface area contributed by atoms with Crippen molar-refractivity contribution in [2.75, 3.05) is 20.8 Å². The van der Waals surface area contributed by atoms with E-state index in [0.717, 1.165) is 12.3 Å². The SMILES string of the molecule is COC(CNC(N)CC1CC1)OC. The quantitative estimate of drug-likeness (QED) is 0.563. The second-order valence-electron chi connectivity index (χ2n) is 3.59. The molecular formula is C9H20N2O2. The lowest BCUT2D eigenvalue weighted by Gasteiger charge is -2.18. The summed E-state index contributed by atoms with van der Waals surface area (Å²) in [6.45, 7) is 0.654. The zero-order chi connectivity index (χ0) is 9.68. The van der Waals surface area contributed by atoms with Crippen molar-refractivity contribution in [1.29, 1.82) is 0 Å². The molecule has 4 heteroatoms. The van der Waals surface area contributed by atoms with Gasteiger partial charge in [-0.25, -0.2) is 0 Å². The molecule has 4 nitrogen and oxygen atoms in total. The number of rotatable bonds is 7. The van der Waals surface area contributed by atoms with Gasteiger partial charge in [0.1, 0.15) is 0 Å². The maximum absolute atomic E-state index is 5.85. The van der Waals surface area contributed by atoms with Gasteiger partial charge < -0.3 is 15.2 Å². The van der Waals surface area contributed by atoms with Crippen molar-refractivity contribution in [3.05, 3.63) is 0 Å². The summed E-state index contributed by atoms with van der Waals surface area (Å²) in [5.74, 6) is 0.853. The molecule has 1 fully saturated rings. The zero-order valence-electron chi connectivity index (χ0n) is 8.45. The van der Waals surface area contributed by atoms with Crippen LogP contribution in [0.2, 0.25) is 0 Å². The van der Waals surface area contributed by atoms with Crippen molar-refractivity contribution < 1.29 is 9.47 Å². The van der Waals surface area contributed by atoms with E-state index in [2.05, 4.69) is 5.32 Å². The van der Waals surface area contributed by atoms with Gasteiger partial charge in [-0.3, -0.25) is 5.32 Å². The fraction of sp³-hybridized carbons (Fsp3) is 1.00. The summed E-state index contributed by atoms with van der Waals surface area (Å²) in [6.07, 6.45) is 3.64. The molecule has 0 radical (unpaired) electrons. The Kier molecular flexibility index (Phi) is 4.66. The zero-order valence-corrected chi connectivity index (χ0v) is 8.45. The average Bonchev–Trinajstić information content (AvgIpc) is 2.90.